The Morgan fingerprint density at radius 2 is 2.10 bits per heavy atom. The van der Waals surface area contributed by atoms with Crippen molar-refractivity contribution in [2.45, 2.75) is 32.7 Å². The fraction of sp³-hybridized carbons (Fsp3) is 0.692. The van der Waals surface area contributed by atoms with Crippen LogP contribution in [0.1, 0.15) is 25.1 Å². The van der Waals surface area contributed by atoms with Gasteiger partial charge in [-0.15, -0.1) is 11.3 Å². The van der Waals surface area contributed by atoms with Crippen molar-refractivity contribution in [3.05, 3.63) is 22.4 Å². The maximum Gasteiger partial charge on any atom is 0.279 e. The third-order valence-electron chi connectivity index (χ3n) is 2.85. The highest BCUT2D eigenvalue weighted by molar-refractivity contribution is 7.87. The minimum Gasteiger partial charge on any atom is -0.314 e. The van der Waals surface area contributed by atoms with Gasteiger partial charge in [0.05, 0.1) is 0 Å². The highest BCUT2D eigenvalue weighted by Crippen LogP contribution is 2.08. The van der Waals surface area contributed by atoms with Gasteiger partial charge >= 0.3 is 0 Å². The number of thiophene rings is 1. The molecule has 0 saturated carbocycles. The van der Waals surface area contributed by atoms with Gasteiger partial charge in [-0.3, -0.25) is 0 Å². The predicted molar refractivity (Wildman–Crippen MR) is 85.3 cm³/mol. The van der Waals surface area contributed by atoms with Gasteiger partial charge in [0.15, 0.2) is 0 Å². The van der Waals surface area contributed by atoms with Crippen LogP contribution in [-0.2, 0) is 16.6 Å². The van der Waals surface area contributed by atoms with Gasteiger partial charge in [0.2, 0.25) is 0 Å². The van der Waals surface area contributed by atoms with Crippen LogP contribution >= 0.6 is 11.3 Å². The molecule has 0 radical (unpaired) electrons. The summed E-state index contributed by atoms with van der Waals surface area (Å²) in [7, 11) is -1.74. The van der Waals surface area contributed by atoms with Crippen molar-refractivity contribution in [3.63, 3.8) is 0 Å². The topological polar surface area (TPSA) is 61.4 Å². The summed E-state index contributed by atoms with van der Waals surface area (Å²) < 4.78 is 28.0. The van der Waals surface area contributed by atoms with Crippen molar-refractivity contribution in [1.82, 2.24) is 14.3 Å². The summed E-state index contributed by atoms with van der Waals surface area (Å²) in [5, 5.41) is 5.27. The molecule has 0 atom stereocenters. The summed E-state index contributed by atoms with van der Waals surface area (Å²) in [6, 6.07) is 4.42. The van der Waals surface area contributed by atoms with E-state index in [4.69, 9.17) is 0 Å². The van der Waals surface area contributed by atoms with Crippen molar-refractivity contribution in [1.29, 1.82) is 0 Å². The zero-order chi connectivity index (χ0) is 15.0. The van der Waals surface area contributed by atoms with Crippen molar-refractivity contribution in [2.24, 2.45) is 0 Å². The van der Waals surface area contributed by atoms with E-state index in [2.05, 4.69) is 23.9 Å². The quantitative estimate of drug-likeness (QED) is 0.642. The summed E-state index contributed by atoms with van der Waals surface area (Å²) in [6.07, 6.45) is 1.54. The molecule has 2 N–H and O–H groups in total. The number of rotatable bonds is 10. The van der Waals surface area contributed by atoms with E-state index < -0.39 is 10.2 Å². The summed E-state index contributed by atoms with van der Waals surface area (Å²) in [5.74, 6) is 0. The van der Waals surface area contributed by atoms with E-state index in [1.165, 1.54) is 9.18 Å². The third kappa shape index (κ3) is 6.81. The SMILES string of the molecule is CC(C)NCCCN(C)S(=O)(=O)NCCc1cccs1. The molecule has 0 aromatic carbocycles. The van der Waals surface area contributed by atoms with E-state index in [1.54, 1.807) is 18.4 Å². The minimum atomic E-state index is -3.35. The number of nitrogens with zero attached hydrogens (tertiary/aromatic N) is 1. The van der Waals surface area contributed by atoms with Gasteiger partial charge in [0.25, 0.3) is 10.2 Å². The van der Waals surface area contributed by atoms with Gasteiger partial charge < -0.3 is 5.32 Å². The molecule has 0 aliphatic rings. The normalized spacial score (nSPS) is 12.4. The van der Waals surface area contributed by atoms with Crippen molar-refractivity contribution < 1.29 is 8.42 Å². The van der Waals surface area contributed by atoms with Crippen LogP contribution in [0.25, 0.3) is 0 Å². The standard InChI is InChI=1S/C13H25N3O2S2/c1-12(2)14-8-5-10-16(3)20(17,18)15-9-7-13-6-4-11-19-13/h4,6,11-12,14-15H,5,7-10H2,1-3H3. The molecule has 1 aromatic heterocycles. The molecule has 5 nitrogen and oxygen atoms in total. The third-order valence-corrected chi connectivity index (χ3v) is 5.36. The largest absolute Gasteiger partial charge is 0.314 e. The van der Waals surface area contributed by atoms with Crippen LogP contribution in [-0.4, -0.2) is 45.4 Å². The van der Waals surface area contributed by atoms with E-state index in [-0.39, 0.29) is 0 Å². The van der Waals surface area contributed by atoms with Gasteiger partial charge in [-0.2, -0.15) is 12.7 Å². The average molecular weight is 319 g/mol. The van der Waals surface area contributed by atoms with Gasteiger partial charge in [-0.25, -0.2) is 4.72 Å². The molecule has 1 rings (SSSR count). The molecule has 0 saturated heterocycles. The second-order valence-corrected chi connectivity index (χ2v) is 7.91. The molecule has 7 heteroatoms. The second-order valence-electron chi connectivity index (χ2n) is 5.01. The average Bonchev–Trinajstić information content (AvgIpc) is 2.87. The number of hydrogen-bond donors (Lipinski definition) is 2. The van der Waals surface area contributed by atoms with E-state index >= 15 is 0 Å². The summed E-state index contributed by atoms with van der Waals surface area (Å²) in [6.45, 7) is 5.94. The Morgan fingerprint density at radius 3 is 2.70 bits per heavy atom. The van der Waals surface area contributed by atoms with Crippen molar-refractivity contribution in [2.75, 3.05) is 26.7 Å². The zero-order valence-electron chi connectivity index (χ0n) is 12.4. The molecule has 0 unspecified atom stereocenters. The van der Waals surface area contributed by atoms with Crippen LogP contribution in [0, 0.1) is 0 Å². The van der Waals surface area contributed by atoms with Crippen molar-refractivity contribution in [3.8, 4) is 0 Å². The lowest BCUT2D eigenvalue weighted by atomic mass is 10.3. The molecular weight excluding hydrogens is 294 g/mol. The van der Waals surface area contributed by atoms with Crippen LogP contribution in [0.5, 0.6) is 0 Å². The summed E-state index contributed by atoms with van der Waals surface area (Å²) in [5.41, 5.74) is 0. The van der Waals surface area contributed by atoms with Crippen molar-refractivity contribution >= 4 is 21.5 Å². The first-order valence-electron chi connectivity index (χ1n) is 6.88. The van der Waals surface area contributed by atoms with Crippen LogP contribution in [0.3, 0.4) is 0 Å². The Balaban J connectivity index is 2.24. The van der Waals surface area contributed by atoms with E-state index in [1.807, 2.05) is 17.5 Å². The Morgan fingerprint density at radius 1 is 1.35 bits per heavy atom. The minimum absolute atomic E-state index is 0.431. The smallest absolute Gasteiger partial charge is 0.279 e. The van der Waals surface area contributed by atoms with E-state index in [0.717, 1.165) is 19.4 Å². The fourth-order valence-corrected chi connectivity index (χ4v) is 3.34. The second kappa shape index (κ2) is 8.74. The zero-order valence-corrected chi connectivity index (χ0v) is 14.1. The van der Waals surface area contributed by atoms with Gasteiger partial charge in [-0.1, -0.05) is 19.9 Å². The van der Waals surface area contributed by atoms with Crippen LogP contribution in [0.15, 0.2) is 17.5 Å². The molecule has 20 heavy (non-hydrogen) atoms. The Bertz CT molecular complexity index is 458. The summed E-state index contributed by atoms with van der Waals surface area (Å²) >= 11 is 1.64. The Labute approximate surface area is 126 Å². The van der Waals surface area contributed by atoms with Crippen LogP contribution in [0.2, 0.25) is 0 Å². The highest BCUT2D eigenvalue weighted by Gasteiger charge is 2.16. The van der Waals surface area contributed by atoms with Crippen LogP contribution in [0.4, 0.5) is 0 Å². The monoisotopic (exact) mass is 319 g/mol. The first kappa shape index (κ1) is 17.6. The Kier molecular flexibility index (Phi) is 7.68. The lowest BCUT2D eigenvalue weighted by Crippen LogP contribution is -2.40. The molecule has 0 fully saturated rings. The molecule has 1 aromatic rings. The summed E-state index contributed by atoms with van der Waals surface area (Å²) in [4.78, 5) is 1.19. The first-order valence-corrected chi connectivity index (χ1v) is 9.20. The van der Waals surface area contributed by atoms with E-state index in [0.29, 0.717) is 19.1 Å². The lowest BCUT2D eigenvalue weighted by molar-refractivity contribution is 0.439. The van der Waals surface area contributed by atoms with Gasteiger partial charge in [0.1, 0.15) is 0 Å². The first-order chi connectivity index (χ1) is 9.42. The lowest BCUT2D eigenvalue weighted by Gasteiger charge is -2.18. The molecule has 0 spiro atoms. The molecule has 1 heterocycles. The number of nitrogens with one attached hydrogen (secondary N) is 2. The van der Waals surface area contributed by atoms with Crippen LogP contribution < -0.4 is 10.0 Å². The molecule has 116 valence electrons. The predicted octanol–water partition coefficient (Wildman–Crippen LogP) is 1.44. The molecule has 0 aliphatic heterocycles. The molecule has 0 aliphatic carbocycles. The Hall–Kier alpha value is -0.470. The molecular formula is C13H25N3O2S2. The van der Waals surface area contributed by atoms with Gasteiger partial charge in [-0.05, 0) is 30.8 Å². The number of hydrogen-bond acceptors (Lipinski definition) is 4. The maximum atomic E-state index is 12.0. The van der Waals surface area contributed by atoms with Gasteiger partial charge in [0, 0.05) is 31.1 Å². The maximum absolute atomic E-state index is 12.0. The fourth-order valence-electron chi connectivity index (χ4n) is 1.68. The molecule has 0 bridgehead atoms. The van der Waals surface area contributed by atoms with E-state index in [9.17, 15) is 8.42 Å². The highest BCUT2D eigenvalue weighted by atomic mass is 32.2. The molecule has 0 amide bonds.